The topological polar surface area (TPSA) is 56.9 Å². The van der Waals surface area contributed by atoms with E-state index < -0.39 is 0 Å². The smallest absolute Gasteiger partial charge is 0.161 e. The quantitative estimate of drug-likeness (QED) is 0.760. The van der Waals surface area contributed by atoms with Crippen LogP contribution in [0.3, 0.4) is 0 Å². The largest absolute Gasteiger partial charge is 0.493 e. The van der Waals surface area contributed by atoms with Crippen LogP contribution in [-0.2, 0) is 13.6 Å². The summed E-state index contributed by atoms with van der Waals surface area (Å²) < 4.78 is 9.17. The third-order valence-electron chi connectivity index (χ3n) is 3.82. The minimum atomic E-state index is 0.0852. The second kappa shape index (κ2) is 6.66. The Labute approximate surface area is 135 Å². The molecule has 0 amide bonds. The molecule has 0 aliphatic rings. The molecule has 1 atom stereocenters. The van der Waals surface area contributed by atoms with Gasteiger partial charge in [-0.15, -0.1) is 0 Å². The molecule has 1 aromatic carbocycles. The fourth-order valence-electron chi connectivity index (χ4n) is 2.61. The van der Waals surface area contributed by atoms with Crippen LogP contribution in [0.5, 0.6) is 5.75 Å². The SMILES string of the molecule is COc1cn(C)nc1C(C)NCc1ccccc1-n1ccnc1. The van der Waals surface area contributed by atoms with Gasteiger partial charge in [0.15, 0.2) is 5.75 Å². The highest BCUT2D eigenvalue weighted by atomic mass is 16.5. The van der Waals surface area contributed by atoms with Gasteiger partial charge in [-0.05, 0) is 18.6 Å². The van der Waals surface area contributed by atoms with Crippen molar-refractivity contribution in [1.29, 1.82) is 0 Å². The summed E-state index contributed by atoms with van der Waals surface area (Å²) in [6.45, 7) is 2.82. The molecule has 6 nitrogen and oxygen atoms in total. The highest BCUT2D eigenvalue weighted by molar-refractivity contribution is 5.41. The Balaban J connectivity index is 1.76. The van der Waals surface area contributed by atoms with Crippen LogP contribution in [0, 0.1) is 0 Å². The van der Waals surface area contributed by atoms with E-state index in [9.17, 15) is 0 Å². The van der Waals surface area contributed by atoms with Crippen molar-refractivity contribution >= 4 is 0 Å². The lowest BCUT2D eigenvalue weighted by Gasteiger charge is -2.15. The van der Waals surface area contributed by atoms with Crippen molar-refractivity contribution in [3.05, 3.63) is 60.4 Å². The third-order valence-corrected chi connectivity index (χ3v) is 3.82. The standard InChI is InChI=1S/C17H21N5O/c1-13(17-16(23-3)11-21(2)20-17)19-10-14-6-4-5-7-15(14)22-9-8-18-12-22/h4-9,11-13,19H,10H2,1-3H3. The van der Waals surface area contributed by atoms with Crippen molar-refractivity contribution < 1.29 is 4.74 Å². The Hall–Kier alpha value is -2.60. The molecule has 0 aliphatic heterocycles. The molecule has 2 heterocycles. The van der Waals surface area contributed by atoms with Crippen LogP contribution >= 0.6 is 0 Å². The second-order valence-electron chi connectivity index (χ2n) is 5.46. The summed E-state index contributed by atoms with van der Waals surface area (Å²) in [6, 6.07) is 8.37. The zero-order valence-electron chi connectivity index (χ0n) is 13.6. The van der Waals surface area contributed by atoms with E-state index in [1.807, 2.05) is 42.5 Å². The van der Waals surface area contributed by atoms with E-state index in [1.54, 1.807) is 18.0 Å². The fraction of sp³-hybridized carbons (Fsp3) is 0.294. The molecule has 1 N–H and O–H groups in total. The van der Waals surface area contributed by atoms with Crippen molar-refractivity contribution in [3.8, 4) is 11.4 Å². The summed E-state index contributed by atoms with van der Waals surface area (Å²) in [5.41, 5.74) is 3.24. The van der Waals surface area contributed by atoms with Gasteiger partial charge in [-0.2, -0.15) is 5.10 Å². The van der Waals surface area contributed by atoms with Crippen molar-refractivity contribution in [2.24, 2.45) is 7.05 Å². The van der Waals surface area contributed by atoms with Gasteiger partial charge in [-0.1, -0.05) is 18.2 Å². The maximum atomic E-state index is 5.39. The Kier molecular flexibility index (Phi) is 4.43. The molecule has 3 rings (SSSR count). The van der Waals surface area contributed by atoms with Crippen molar-refractivity contribution in [2.45, 2.75) is 19.5 Å². The van der Waals surface area contributed by atoms with E-state index in [1.165, 1.54) is 5.56 Å². The molecular weight excluding hydrogens is 290 g/mol. The fourth-order valence-corrected chi connectivity index (χ4v) is 2.61. The van der Waals surface area contributed by atoms with Crippen molar-refractivity contribution in [1.82, 2.24) is 24.6 Å². The van der Waals surface area contributed by atoms with E-state index in [4.69, 9.17) is 4.74 Å². The lowest BCUT2D eigenvalue weighted by atomic mass is 10.1. The van der Waals surface area contributed by atoms with Gasteiger partial charge >= 0.3 is 0 Å². The first-order chi connectivity index (χ1) is 11.2. The van der Waals surface area contributed by atoms with E-state index >= 15 is 0 Å². The summed E-state index contributed by atoms with van der Waals surface area (Å²) in [6.07, 6.45) is 7.42. The molecule has 1 unspecified atom stereocenters. The first kappa shape index (κ1) is 15.3. The number of aromatic nitrogens is 4. The molecule has 0 saturated carbocycles. The molecule has 2 aromatic heterocycles. The third kappa shape index (κ3) is 3.27. The number of hydrogen-bond acceptors (Lipinski definition) is 4. The molecule has 0 aliphatic carbocycles. The molecule has 0 saturated heterocycles. The molecule has 6 heteroatoms. The van der Waals surface area contributed by atoms with Gasteiger partial charge in [-0.3, -0.25) is 4.68 Å². The van der Waals surface area contributed by atoms with E-state index in [0.717, 1.165) is 23.7 Å². The molecular formula is C17H21N5O. The number of benzene rings is 1. The van der Waals surface area contributed by atoms with Crippen LogP contribution in [0.15, 0.2) is 49.2 Å². The predicted octanol–water partition coefficient (Wildman–Crippen LogP) is 2.47. The van der Waals surface area contributed by atoms with Gasteiger partial charge in [0.2, 0.25) is 0 Å². The zero-order valence-corrected chi connectivity index (χ0v) is 13.6. The number of methoxy groups -OCH3 is 1. The predicted molar refractivity (Wildman–Crippen MR) is 88.6 cm³/mol. The minimum Gasteiger partial charge on any atom is -0.493 e. The number of nitrogens with zero attached hydrogens (tertiary/aromatic N) is 4. The first-order valence-electron chi connectivity index (χ1n) is 7.56. The highest BCUT2D eigenvalue weighted by Gasteiger charge is 2.16. The highest BCUT2D eigenvalue weighted by Crippen LogP contribution is 2.23. The summed E-state index contributed by atoms with van der Waals surface area (Å²) in [5, 5.41) is 8.00. The first-order valence-corrected chi connectivity index (χ1v) is 7.56. The van der Waals surface area contributed by atoms with Crippen LogP contribution in [0.1, 0.15) is 24.2 Å². The Morgan fingerprint density at radius 2 is 2.13 bits per heavy atom. The summed E-state index contributed by atoms with van der Waals surface area (Å²) >= 11 is 0. The molecule has 3 aromatic rings. The number of nitrogens with one attached hydrogen (secondary N) is 1. The average Bonchev–Trinajstić information content (AvgIpc) is 3.22. The zero-order chi connectivity index (χ0) is 16.2. The van der Waals surface area contributed by atoms with Crippen LogP contribution in [0.4, 0.5) is 0 Å². The average molecular weight is 311 g/mol. The van der Waals surface area contributed by atoms with Crippen molar-refractivity contribution in [2.75, 3.05) is 7.11 Å². The molecule has 0 bridgehead atoms. The summed E-state index contributed by atoms with van der Waals surface area (Å²) in [7, 11) is 3.56. The van der Waals surface area contributed by atoms with Crippen LogP contribution < -0.4 is 10.1 Å². The monoisotopic (exact) mass is 311 g/mol. The lowest BCUT2D eigenvalue weighted by molar-refractivity contribution is 0.401. The van der Waals surface area contributed by atoms with Gasteiger partial charge in [0.1, 0.15) is 5.69 Å². The van der Waals surface area contributed by atoms with Gasteiger partial charge in [0.05, 0.1) is 31.4 Å². The normalized spacial score (nSPS) is 12.3. The minimum absolute atomic E-state index is 0.0852. The van der Waals surface area contributed by atoms with Gasteiger partial charge < -0.3 is 14.6 Å². The van der Waals surface area contributed by atoms with E-state index in [-0.39, 0.29) is 6.04 Å². The molecule has 0 radical (unpaired) electrons. The summed E-state index contributed by atoms with van der Waals surface area (Å²) in [5.74, 6) is 0.801. The second-order valence-corrected chi connectivity index (χ2v) is 5.46. The maximum Gasteiger partial charge on any atom is 0.161 e. The number of hydrogen-bond donors (Lipinski definition) is 1. The number of aryl methyl sites for hydroxylation is 1. The number of rotatable bonds is 6. The Morgan fingerprint density at radius 1 is 1.30 bits per heavy atom. The molecule has 0 spiro atoms. The lowest BCUT2D eigenvalue weighted by Crippen LogP contribution is -2.20. The number of para-hydroxylation sites is 1. The number of ether oxygens (including phenoxy) is 1. The van der Waals surface area contributed by atoms with Gasteiger partial charge in [0.25, 0.3) is 0 Å². The van der Waals surface area contributed by atoms with E-state index in [0.29, 0.717) is 0 Å². The van der Waals surface area contributed by atoms with E-state index in [2.05, 4.69) is 34.5 Å². The number of imidazole rings is 1. The van der Waals surface area contributed by atoms with Crippen LogP contribution in [0.2, 0.25) is 0 Å². The summed E-state index contributed by atoms with van der Waals surface area (Å²) in [4.78, 5) is 4.12. The Bertz CT molecular complexity index is 763. The molecule has 23 heavy (non-hydrogen) atoms. The van der Waals surface area contributed by atoms with Gasteiger partial charge in [-0.25, -0.2) is 4.98 Å². The van der Waals surface area contributed by atoms with Crippen molar-refractivity contribution in [3.63, 3.8) is 0 Å². The molecule has 0 fully saturated rings. The van der Waals surface area contributed by atoms with Crippen LogP contribution in [0.25, 0.3) is 5.69 Å². The maximum absolute atomic E-state index is 5.39. The molecule has 120 valence electrons. The van der Waals surface area contributed by atoms with Crippen LogP contribution in [-0.4, -0.2) is 26.4 Å². The Morgan fingerprint density at radius 3 is 2.87 bits per heavy atom. The van der Waals surface area contributed by atoms with Gasteiger partial charge in [0, 0.05) is 26.0 Å².